The second kappa shape index (κ2) is 6.02. The molecule has 0 aromatic heterocycles. The number of carboxylic acid groups (broad SMARTS) is 1. The Morgan fingerprint density at radius 2 is 1.70 bits per heavy atom. The zero-order valence-electron chi connectivity index (χ0n) is 13.0. The smallest absolute Gasteiger partial charge is 0.308 e. The molecule has 122 valence electrons. The molecule has 1 heterocycles. The van der Waals surface area contributed by atoms with Crippen LogP contribution in [0.2, 0.25) is 0 Å². The Kier molecular flexibility index (Phi) is 4.07. The lowest BCUT2D eigenvalue weighted by atomic mass is 10.0. The van der Waals surface area contributed by atoms with Gasteiger partial charge in [0.25, 0.3) is 11.8 Å². The molecule has 1 aromatic rings. The van der Waals surface area contributed by atoms with Gasteiger partial charge in [0, 0.05) is 29.8 Å². The number of nitrogens with zero attached hydrogens (tertiary/aromatic N) is 1. The molecule has 1 aliphatic carbocycles. The van der Waals surface area contributed by atoms with E-state index in [1.807, 2.05) is 0 Å². The molecule has 1 aliphatic heterocycles. The summed E-state index contributed by atoms with van der Waals surface area (Å²) in [5.74, 6) is -1.68. The van der Waals surface area contributed by atoms with Gasteiger partial charge in [-0.15, -0.1) is 0 Å². The van der Waals surface area contributed by atoms with Crippen molar-refractivity contribution in [2.45, 2.75) is 38.3 Å². The number of aliphatic carboxylic acids is 1. The number of hydrogen-bond acceptors (Lipinski definition) is 3. The summed E-state index contributed by atoms with van der Waals surface area (Å²) in [4.78, 5) is 37.2. The Hall–Kier alpha value is -2.37. The van der Waals surface area contributed by atoms with E-state index in [0.29, 0.717) is 30.1 Å². The summed E-state index contributed by atoms with van der Waals surface area (Å²) >= 11 is 0. The monoisotopic (exact) mass is 316 g/mol. The molecule has 2 N–H and O–H groups in total. The van der Waals surface area contributed by atoms with Crippen molar-refractivity contribution in [3.63, 3.8) is 0 Å². The minimum absolute atomic E-state index is 0.119. The third-order valence-corrected chi connectivity index (χ3v) is 4.64. The largest absolute Gasteiger partial charge is 0.481 e. The average Bonchev–Trinajstić information content (AvgIpc) is 3.26. The van der Waals surface area contributed by atoms with Crippen LogP contribution in [0.4, 0.5) is 0 Å². The maximum absolute atomic E-state index is 12.5. The van der Waals surface area contributed by atoms with Crippen molar-refractivity contribution < 1.29 is 19.5 Å². The molecular formula is C17H20N2O4. The molecule has 2 atom stereocenters. The van der Waals surface area contributed by atoms with Crippen LogP contribution in [0.3, 0.4) is 0 Å². The van der Waals surface area contributed by atoms with Gasteiger partial charge in [-0.1, -0.05) is 0 Å². The number of nitrogens with one attached hydrogen (secondary N) is 1. The van der Waals surface area contributed by atoms with Gasteiger partial charge < -0.3 is 15.3 Å². The second-order valence-electron chi connectivity index (χ2n) is 6.30. The topological polar surface area (TPSA) is 86.7 Å². The van der Waals surface area contributed by atoms with Crippen molar-refractivity contribution in [3.05, 3.63) is 35.4 Å². The van der Waals surface area contributed by atoms with Crippen molar-refractivity contribution >= 4 is 17.8 Å². The summed E-state index contributed by atoms with van der Waals surface area (Å²) in [5, 5.41) is 12.0. The summed E-state index contributed by atoms with van der Waals surface area (Å²) in [6, 6.07) is 6.51. The first kappa shape index (κ1) is 15.5. The van der Waals surface area contributed by atoms with E-state index in [1.165, 1.54) is 0 Å². The Balaban J connectivity index is 1.68. The van der Waals surface area contributed by atoms with Crippen LogP contribution >= 0.6 is 0 Å². The third-order valence-electron chi connectivity index (χ3n) is 4.64. The van der Waals surface area contributed by atoms with Crippen molar-refractivity contribution in [2.24, 2.45) is 5.92 Å². The van der Waals surface area contributed by atoms with Gasteiger partial charge >= 0.3 is 5.97 Å². The lowest BCUT2D eigenvalue weighted by Gasteiger charge is -2.23. The molecule has 2 amide bonds. The minimum atomic E-state index is -0.861. The Labute approximate surface area is 134 Å². The quantitative estimate of drug-likeness (QED) is 0.881. The molecule has 3 rings (SSSR count). The van der Waals surface area contributed by atoms with Crippen LogP contribution in [0.25, 0.3) is 0 Å². The predicted octanol–water partition coefficient (Wildman–Crippen LogP) is 1.51. The third kappa shape index (κ3) is 3.21. The van der Waals surface area contributed by atoms with Gasteiger partial charge in [-0.25, -0.2) is 0 Å². The fourth-order valence-electron chi connectivity index (χ4n) is 2.98. The fourth-order valence-corrected chi connectivity index (χ4v) is 2.98. The van der Waals surface area contributed by atoms with Crippen molar-refractivity contribution in [1.29, 1.82) is 0 Å². The number of benzene rings is 1. The van der Waals surface area contributed by atoms with E-state index in [9.17, 15) is 14.4 Å². The van der Waals surface area contributed by atoms with Gasteiger partial charge in [0.1, 0.15) is 0 Å². The van der Waals surface area contributed by atoms with E-state index in [1.54, 1.807) is 36.1 Å². The van der Waals surface area contributed by atoms with E-state index < -0.39 is 11.9 Å². The van der Waals surface area contributed by atoms with Gasteiger partial charge in [0.2, 0.25) is 0 Å². The number of carboxylic acids is 1. The molecule has 6 nitrogen and oxygen atoms in total. The first-order valence-electron chi connectivity index (χ1n) is 7.92. The molecule has 1 saturated carbocycles. The molecule has 0 bridgehead atoms. The maximum atomic E-state index is 12.5. The first-order valence-corrected chi connectivity index (χ1v) is 7.92. The molecule has 2 fully saturated rings. The van der Waals surface area contributed by atoms with Gasteiger partial charge in [-0.2, -0.15) is 0 Å². The van der Waals surface area contributed by atoms with Crippen LogP contribution in [-0.2, 0) is 4.79 Å². The summed E-state index contributed by atoms with van der Waals surface area (Å²) < 4.78 is 0. The predicted molar refractivity (Wildman–Crippen MR) is 83.2 cm³/mol. The van der Waals surface area contributed by atoms with Crippen molar-refractivity contribution in [3.8, 4) is 0 Å². The Bertz CT molecular complexity index is 636. The minimum Gasteiger partial charge on any atom is -0.481 e. The van der Waals surface area contributed by atoms with Crippen LogP contribution in [0.5, 0.6) is 0 Å². The number of carbonyl (C=O) groups excluding carboxylic acids is 2. The van der Waals surface area contributed by atoms with E-state index in [2.05, 4.69) is 5.32 Å². The fraction of sp³-hybridized carbons (Fsp3) is 0.471. The van der Waals surface area contributed by atoms with Gasteiger partial charge in [0.05, 0.1) is 5.92 Å². The highest BCUT2D eigenvalue weighted by Gasteiger charge is 2.38. The Morgan fingerprint density at radius 1 is 1.09 bits per heavy atom. The number of rotatable bonds is 4. The number of carbonyl (C=O) groups is 3. The van der Waals surface area contributed by atoms with Crippen LogP contribution < -0.4 is 5.32 Å². The molecule has 1 saturated heterocycles. The highest BCUT2D eigenvalue weighted by atomic mass is 16.4. The number of hydrogen-bond donors (Lipinski definition) is 2. The molecule has 6 heteroatoms. The molecule has 2 unspecified atom stereocenters. The average molecular weight is 316 g/mol. The maximum Gasteiger partial charge on any atom is 0.308 e. The first-order chi connectivity index (χ1) is 11.0. The normalized spacial score (nSPS) is 23.6. The van der Waals surface area contributed by atoms with Gasteiger partial charge in [0.15, 0.2) is 0 Å². The lowest BCUT2D eigenvalue weighted by Crippen LogP contribution is -2.37. The van der Waals surface area contributed by atoms with Crippen molar-refractivity contribution in [2.75, 3.05) is 6.54 Å². The highest BCUT2D eigenvalue weighted by Crippen LogP contribution is 2.26. The standard InChI is InChI=1S/C17H20N2O4/c1-10-14(17(22)23)8-9-19(10)16(21)12-4-2-11(3-5-12)15(20)18-13-6-7-13/h2-5,10,13-14H,6-9H2,1H3,(H,18,20)(H,22,23). The van der Waals surface area contributed by atoms with E-state index in [4.69, 9.17) is 5.11 Å². The van der Waals surface area contributed by atoms with E-state index in [-0.39, 0.29) is 17.9 Å². The van der Waals surface area contributed by atoms with E-state index >= 15 is 0 Å². The second-order valence-corrected chi connectivity index (χ2v) is 6.30. The summed E-state index contributed by atoms with van der Waals surface area (Å²) in [6.45, 7) is 2.21. The summed E-state index contributed by atoms with van der Waals surface area (Å²) in [5.41, 5.74) is 1.01. The van der Waals surface area contributed by atoms with Gasteiger partial charge in [-0.3, -0.25) is 14.4 Å². The lowest BCUT2D eigenvalue weighted by molar-refractivity contribution is -0.142. The van der Waals surface area contributed by atoms with Crippen LogP contribution in [0.1, 0.15) is 46.9 Å². The van der Waals surface area contributed by atoms with Crippen LogP contribution in [0, 0.1) is 5.92 Å². The molecular weight excluding hydrogens is 296 g/mol. The summed E-state index contributed by atoms with van der Waals surface area (Å²) in [7, 11) is 0. The van der Waals surface area contributed by atoms with Crippen LogP contribution in [-0.4, -0.2) is 46.4 Å². The Morgan fingerprint density at radius 3 is 2.22 bits per heavy atom. The molecule has 0 radical (unpaired) electrons. The summed E-state index contributed by atoms with van der Waals surface area (Å²) in [6.07, 6.45) is 2.53. The highest BCUT2D eigenvalue weighted by molar-refractivity contribution is 5.98. The van der Waals surface area contributed by atoms with Gasteiger partial charge in [-0.05, 0) is 50.5 Å². The molecule has 23 heavy (non-hydrogen) atoms. The SMILES string of the molecule is CC1C(C(=O)O)CCN1C(=O)c1ccc(C(=O)NC2CC2)cc1. The van der Waals surface area contributed by atoms with Crippen LogP contribution in [0.15, 0.2) is 24.3 Å². The number of likely N-dealkylation sites (tertiary alicyclic amines) is 1. The zero-order chi connectivity index (χ0) is 16.6. The molecule has 2 aliphatic rings. The molecule has 0 spiro atoms. The number of amides is 2. The van der Waals surface area contributed by atoms with Crippen molar-refractivity contribution in [1.82, 2.24) is 10.2 Å². The molecule has 1 aromatic carbocycles. The zero-order valence-corrected chi connectivity index (χ0v) is 13.0. The van der Waals surface area contributed by atoms with E-state index in [0.717, 1.165) is 12.8 Å².